The number of nitrogens with zero attached hydrogens (tertiary/aromatic N) is 2. The van der Waals surface area contributed by atoms with Crippen molar-refractivity contribution in [2.75, 3.05) is 26.5 Å². The van der Waals surface area contributed by atoms with Crippen LogP contribution in [-0.4, -0.2) is 55.6 Å². The minimum absolute atomic E-state index is 0.0996. The van der Waals surface area contributed by atoms with Gasteiger partial charge in [-0.3, -0.25) is 4.79 Å². The highest BCUT2D eigenvalue weighted by Crippen LogP contribution is 2.32. The van der Waals surface area contributed by atoms with Gasteiger partial charge in [0, 0.05) is 29.5 Å². The number of halogens is 1. The van der Waals surface area contributed by atoms with Gasteiger partial charge in [-0.2, -0.15) is 0 Å². The van der Waals surface area contributed by atoms with Crippen LogP contribution < -0.4 is 10.1 Å². The van der Waals surface area contributed by atoms with E-state index in [1.165, 1.54) is 12.1 Å². The predicted octanol–water partition coefficient (Wildman–Crippen LogP) is 4.09. The Morgan fingerprint density at radius 3 is 2.66 bits per heavy atom. The Bertz CT molecular complexity index is 1650. The van der Waals surface area contributed by atoms with Crippen molar-refractivity contribution >= 4 is 26.8 Å². The van der Waals surface area contributed by atoms with Crippen molar-refractivity contribution < 1.29 is 22.3 Å². The van der Waals surface area contributed by atoms with Crippen LogP contribution in [0.2, 0.25) is 0 Å². The lowest BCUT2D eigenvalue weighted by Crippen LogP contribution is -2.33. The van der Waals surface area contributed by atoms with E-state index in [1.54, 1.807) is 11.8 Å². The molecule has 1 aromatic heterocycles. The highest BCUT2D eigenvalue weighted by Gasteiger charge is 2.27. The molecule has 2 N–H and O–H groups in total. The molecular weight excluding hydrogens is 507 g/mol. The molecule has 1 aliphatic rings. The molecule has 38 heavy (non-hydrogen) atoms. The van der Waals surface area contributed by atoms with Crippen molar-refractivity contribution in [1.29, 1.82) is 0 Å². The third kappa shape index (κ3) is 4.89. The Kier molecular flexibility index (Phi) is 6.93. The van der Waals surface area contributed by atoms with Gasteiger partial charge in [0.2, 0.25) is 0 Å². The number of hydrogen-bond acceptors (Lipinski definition) is 6. The first-order valence-corrected chi connectivity index (χ1v) is 14.3. The van der Waals surface area contributed by atoms with Crippen LogP contribution >= 0.6 is 0 Å². The standard InChI is InChI=1S/C28H29FN4O4S/c1-4-20-21(7-10-25(27(20)29)38(3,35)36)28(34)33-11-12-37-24-9-6-17(13-19(24)16-33)18-5-8-22-23(14-18)32-26(31-22)15-30-2/h5-10,13-14,30H,4,11-12,15-16H2,1-3H3,(H,31,32). The topological polar surface area (TPSA) is 104 Å². The summed E-state index contributed by atoms with van der Waals surface area (Å²) in [6, 6.07) is 14.5. The van der Waals surface area contributed by atoms with E-state index in [0.717, 1.165) is 39.8 Å². The number of nitrogens with one attached hydrogen (secondary N) is 2. The van der Waals surface area contributed by atoms with E-state index >= 15 is 4.39 Å². The molecule has 0 saturated carbocycles. The zero-order valence-corrected chi connectivity index (χ0v) is 22.3. The van der Waals surface area contributed by atoms with Crippen LogP contribution in [0.15, 0.2) is 53.4 Å². The molecule has 4 aromatic rings. The quantitative estimate of drug-likeness (QED) is 0.385. The number of ether oxygens (including phenoxy) is 1. The van der Waals surface area contributed by atoms with E-state index in [1.807, 2.05) is 43.4 Å². The Labute approximate surface area is 220 Å². The molecule has 0 unspecified atom stereocenters. The maximum absolute atomic E-state index is 15.1. The van der Waals surface area contributed by atoms with Crippen LogP contribution in [0.3, 0.4) is 0 Å². The first-order valence-electron chi connectivity index (χ1n) is 12.4. The third-order valence-corrected chi connectivity index (χ3v) is 7.84. The average molecular weight is 537 g/mol. The van der Waals surface area contributed by atoms with Gasteiger partial charge in [-0.25, -0.2) is 17.8 Å². The van der Waals surface area contributed by atoms with Gasteiger partial charge in [0.15, 0.2) is 9.84 Å². The zero-order chi connectivity index (χ0) is 27.0. The first kappa shape index (κ1) is 25.9. The van der Waals surface area contributed by atoms with Gasteiger partial charge in [0.05, 0.1) is 24.1 Å². The maximum Gasteiger partial charge on any atom is 0.254 e. The number of rotatable bonds is 6. The van der Waals surface area contributed by atoms with Gasteiger partial charge in [0.25, 0.3) is 5.91 Å². The molecular formula is C28H29FN4O4S. The fourth-order valence-electron chi connectivity index (χ4n) is 4.84. The number of aromatic amines is 1. The van der Waals surface area contributed by atoms with E-state index < -0.39 is 20.5 Å². The van der Waals surface area contributed by atoms with Crippen molar-refractivity contribution in [3.05, 3.63) is 76.9 Å². The smallest absolute Gasteiger partial charge is 0.254 e. The number of carbonyl (C=O) groups is 1. The second-order valence-corrected chi connectivity index (χ2v) is 11.4. The predicted molar refractivity (Wildman–Crippen MR) is 143 cm³/mol. The van der Waals surface area contributed by atoms with Crippen LogP contribution in [0.25, 0.3) is 22.2 Å². The molecule has 1 aliphatic heterocycles. The summed E-state index contributed by atoms with van der Waals surface area (Å²) in [6.07, 6.45) is 1.14. The molecule has 8 nitrogen and oxygen atoms in total. The van der Waals surface area contributed by atoms with Gasteiger partial charge < -0.3 is 19.9 Å². The van der Waals surface area contributed by atoms with Crippen LogP contribution in [0.4, 0.5) is 4.39 Å². The molecule has 0 radical (unpaired) electrons. The van der Waals surface area contributed by atoms with Gasteiger partial charge >= 0.3 is 0 Å². The van der Waals surface area contributed by atoms with E-state index in [9.17, 15) is 13.2 Å². The van der Waals surface area contributed by atoms with Crippen LogP contribution in [0.1, 0.15) is 34.2 Å². The minimum Gasteiger partial charge on any atom is -0.491 e. The van der Waals surface area contributed by atoms with Crippen molar-refractivity contribution in [1.82, 2.24) is 20.2 Å². The summed E-state index contributed by atoms with van der Waals surface area (Å²) >= 11 is 0. The zero-order valence-electron chi connectivity index (χ0n) is 21.5. The fourth-order valence-corrected chi connectivity index (χ4v) is 5.61. The summed E-state index contributed by atoms with van der Waals surface area (Å²) in [4.78, 5) is 22.7. The van der Waals surface area contributed by atoms with Gasteiger partial charge in [-0.05, 0) is 61.0 Å². The lowest BCUT2D eigenvalue weighted by molar-refractivity contribution is 0.0731. The molecule has 0 aliphatic carbocycles. The summed E-state index contributed by atoms with van der Waals surface area (Å²) in [5.41, 5.74) is 4.87. The lowest BCUT2D eigenvalue weighted by Gasteiger charge is -2.22. The van der Waals surface area contributed by atoms with Crippen LogP contribution in [0, 0.1) is 5.82 Å². The van der Waals surface area contributed by atoms with Crippen molar-refractivity contribution in [3.8, 4) is 16.9 Å². The highest BCUT2D eigenvalue weighted by atomic mass is 32.2. The molecule has 0 fully saturated rings. The number of hydrogen-bond donors (Lipinski definition) is 2. The Morgan fingerprint density at radius 2 is 1.92 bits per heavy atom. The average Bonchev–Trinajstić information content (AvgIpc) is 3.16. The van der Waals surface area contributed by atoms with Crippen LogP contribution in [-0.2, 0) is 29.3 Å². The summed E-state index contributed by atoms with van der Waals surface area (Å²) in [6.45, 7) is 3.23. The van der Waals surface area contributed by atoms with E-state index in [4.69, 9.17) is 4.74 Å². The van der Waals surface area contributed by atoms with Gasteiger partial charge in [-0.1, -0.05) is 19.1 Å². The minimum atomic E-state index is -3.76. The fraction of sp³-hybridized carbons (Fsp3) is 0.286. The normalized spacial score (nSPS) is 13.7. The Balaban J connectivity index is 1.46. The number of benzene rings is 3. The second-order valence-electron chi connectivity index (χ2n) is 9.37. The van der Waals surface area contributed by atoms with Crippen molar-refractivity contribution in [2.24, 2.45) is 0 Å². The number of amides is 1. The Hall–Kier alpha value is -3.76. The first-order chi connectivity index (χ1) is 18.2. The largest absolute Gasteiger partial charge is 0.491 e. The molecule has 5 rings (SSSR count). The number of imidazole rings is 1. The van der Waals surface area contributed by atoms with E-state index in [0.29, 0.717) is 18.8 Å². The van der Waals surface area contributed by atoms with E-state index in [2.05, 4.69) is 15.3 Å². The molecule has 3 aromatic carbocycles. The summed E-state index contributed by atoms with van der Waals surface area (Å²) in [5, 5.41) is 3.09. The molecule has 0 atom stereocenters. The van der Waals surface area contributed by atoms with Gasteiger partial charge in [-0.15, -0.1) is 0 Å². The highest BCUT2D eigenvalue weighted by molar-refractivity contribution is 7.90. The van der Waals surface area contributed by atoms with E-state index in [-0.39, 0.29) is 36.6 Å². The molecule has 10 heteroatoms. The molecule has 0 bridgehead atoms. The lowest BCUT2D eigenvalue weighted by atomic mass is 10.0. The number of fused-ring (bicyclic) bond motifs is 2. The maximum atomic E-state index is 15.1. The number of H-pyrrole nitrogens is 1. The second kappa shape index (κ2) is 10.2. The summed E-state index contributed by atoms with van der Waals surface area (Å²) in [7, 11) is -1.89. The number of carbonyl (C=O) groups excluding carboxylic acids is 1. The number of sulfone groups is 1. The van der Waals surface area contributed by atoms with Crippen LogP contribution in [0.5, 0.6) is 5.75 Å². The van der Waals surface area contributed by atoms with Crippen molar-refractivity contribution in [3.63, 3.8) is 0 Å². The molecule has 0 spiro atoms. The molecule has 198 valence electrons. The summed E-state index contributed by atoms with van der Waals surface area (Å²) in [5.74, 6) is 0.328. The number of aromatic nitrogens is 2. The van der Waals surface area contributed by atoms with Crippen molar-refractivity contribution in [2.45, 2.75) is 31.3 Å². The monoisotopic (exact) mass is 536 g/mol. The molecule has 2 heterocycles. The summed E-state index contributed by atoms with van der Waals surface area (Å²) < 4.78 is 45.0. The third-order valence-electron chi connectivity index (χ3n) is 6.73. The Morgan fingerprint density at radius 1 is 1.16 bits per heavy atom. The van der Waals surface area contributed by atoms with Gasteiger partial charge in [0.1, 0.15) is 28.9 Å². The SMILES string of the molecule is CCc1c(C(=O)N2CCOc3ccc(-c4ccc5nc(CNC)[nH]c5c4)cc3C2)ccc(S(C)(=O)=O)c1F. The molecule has 1 amide bonds. The molecule has 0 saturated heterocycles.